The van der Waals surface area contributed by atoms with E-state index in [2.05, 4.69) is 37.0 Å². The maximum Gasteiger partial charge on any atom is 0.109 e. The van der Waals surface area contributed by atoms with E-state index in [0.717, 1.165) is 17.2 Å². The number of H-pyrrole nitrogens is 1. The number of aromatic amines is 1. The summed E-state index contributed by atoms with van der Waals surface area (Å²) in [6, 6.07) is 0. The average molecular weight is 192 g/mol. The van der Waals surface area contributed by atoms with Crippen LogP contribution in [0.25, 0.3) is 12.2 Å². The molecule has 0 bridgehead atoms. The molecule has 2 nitrogen and oxygen atoms in total. The maximum absolute atomic E-state index is 4.35. The van der Waals surface area contributed by atoms with Gasteiger partial charge < -0.3 is 4.98 Å². The molecule has 0 saturated carbocycles. The minimum Gasteiger partial charge on any atom is -0.342 e. The number of aromatic nitrogens is 2. The molecule has 0 aliphatic heterocycles. The van der Waals surface area contributed by atoms with Gasteiger partial charge in [0.1, 0.15) is 5.82 Å². The molecule has 0 fully saturated rings. The lowest BCUT2D eigenvalue weighted by Crippen LogP contribution is -1.89. The van der Waals surface area contributed by atoms with Crippen molar-refractivity contribution in [2.75, 3.05) is 0 Å². The summed E-state index contributed by atoms with van der Waals surface area (Å²) >= 11 is 0. The van der Waals surface area contributed by atoms with Gasteiger partial charge in [-0.3, -0.25) is 0 Å². The monoisotopic (exact) mass is 192 g/mol. The molecule has 78 valence electrons. The normalized spacial score (nSPS) is 9.21. The maximum atomic E-state index is 4.35. The minimum atomic E-state index is 0.414. The summed E-state index contributed by atoms with van der Waals surface area (Å²) in [7, 11) is 0. The van der Waals surface area contributed by atoms with Crippen LogP contribution in [0.5, 0.6) is 0 Å². The van der Waals surface area contributed by atoms with Crippen LogP contribution in [0.3, 0.4) is 0 Å². The SMILES string of the molecule is C=Cc1nc(C(C)C)[nH]c1C=C.CC. The first-order chi connectivity index (χ1) is 6.69. The summed E-state index contributed by atoms with van der Waals surface area (Å²) in [6.07, 6.45) is 3.50. The highest BCUT2D eigenvalue weighted by molar-refractivity contribution is 5.57. The molecular weight excluding hydrogens is 172 g/mol. The smallest absolute Gasteiger partial charge is 0.109 e. The second-order valence-electron chi connectivity index (χ2n) is 2.98. The molecule has 14 heavy (non-hydrogen) atoms. The van der Waals surface area contributed by atoms with Gasteiger partial charge in [-0.1, -0.05) is 40.9 Å². The first-order valence-electron chi connectivity index (χ1n) is 5.03. The van der Waals surface area contributed by atoms with E-state index in [4.69, 9.17) is 0 Å². The standard InChI is InChI=1S/C10H14N2.C2H6/c1-5-8-9(6-2)12-10(11-8)7(3)4;1-2/h5-7H,1-2H2,3-4H3,(H,11,12);1-2H3. The molecule has 0 spiro atoms. The molecule has 1 heterocycles. The third-order valence-electron chi connectivity index (χ3n) is 1.72. The van der Waals surface area contributed by atoms with Crippen molar-refractivity contribution in [1.29, 1.82) is 0 Å². The van der Waals surface area contributed by atoms with Gasteiger partial charge in [0, 0.05) is 5.92 Å². The molecule has 0 atom stereocenters. The molecule has 0 aromatic carbocycles. The van der Waals surface area contributed by atoms with Gasteiger partial charge in [0.25, 0.3) is 0 Å². The van der Waals surface area contributed by atoms with Crippen LogP contribution in [0.2, 0.25) is 0 Å². The van der Waals surface area contributed by atoms with Crippen LogP contribution >= 0.6 is 0 Å². The predicted octanol–water partition coefficient (Wildman–Crippen LogP) is 3.85. The van der Waals surface area contributed by atoms with Gasteiger partial charge in [-0.2, -0.15) is 0 Å². The highest BCUT2D eigenvalue weighted by Crippen LogP contribution is 2.15. The summed E-state index contributed by atoms with van der Waals surface area (Å²) in [5, 5.41) is 0. The van der Waals surface area contributed by atoms with E-state index < -0.39 is 0 Å². The summed E-state index contributed by atoms with van der Waals surface area (Å²) in [4.78, 5) is 7.54. The lowest BCUT2D eigenvalue weighted by molar-refractivity contribution is 0.793. The Morgan fingerprint density at radius 2 is 1.79 bits per heavy atom. The first kappa shape index (κ1) is 12.7. The Bertz CT molecular complexity index is 270. The highest BCUT2D eigenvalue weighted by Gasteiger charge is 2.06. The van der Waals surface area contributed by atoms with Crippen LogP contribution in [0.15, 0.2) is 13.2 Å². The van der Waals surface area contributed by atoms with Crippen LogP contribution in [0.1, 0.15) is 50.8 Å². The summed E-state index contributed by atoms with van der Waals surface area (Å²) in [6.45, 7) is 15.6. The largest absolute Gasteiger partial charge is 0.342 e. The van der Waals surface area contributed by atoms with Crippen molar-refractivity contribution in [1.82, 2.24) is 9.97 Å². The van der Waals surface area contributed by atoms with Crippen molar-refractivity contribution >= 4 is 12.2 Å². The van der Waals surface area contributed by atoms with E-state index in [9.17, 15) is 0 Å². The number of hydrogen-bond acceptors (Lipinski definition) is 1. The van der Waals surface area contributed by atoms with Gasteiger partial charge in [0.05, 0.1) is 11.4 Å². The quantitative estimate of drug-likeness (QED) is 0.774. The lowest BCUT2D eigenvalue weighted by Gasteiger charge is -1.96. The van der Waals surface area contributed by atoms with E-state index in [1.807, 2.05) is 13.8 Å². The average Bonchev–Trinajstić information content (AvgIpc) is 2.63. The fraction of sp³-hybridized carbons (Fsp3) is 0.417. The number of nitrogens with zero attached hydrogens (tertiary/aromatic N) is 1. The van der Waals surface area contributed by atoms with Gasteiger partial charge in [-0.15, -0.1) is 0 Å². The van der Waals surface area contributed by atoms with E-state index in [-0.39, 0.29) is 0 Å². The van der Waals surface area contributed by atoms with Crippen LogP contribution < -0.4 is 0 Å². The molecule has 0 aliphatic rings. The molecule has 0 aliphatic carbocycles. The fourth-order valence-corrected chi connectivity index (χ4v) is 1.00. The Kier molecular flexibility index (Phi) is 5.61. The number of imidazole rings is 1. The van der Waals surface area contributed by atoms with Gasteiger partial charge in [0.15, 0.2) is 0 Å². The zero-order chi connectivity index (χ0) is 11.1. The zero-order valence-electron chi connectivity index (χ0n) is 9.59. The Hall–Kier alpha value is -1.31. The summed E-state index contributed by atoms with van der Waals surface area (Å²) in [5.41, 5.74) is 1.84. The van der Waals surface area contributed by atoms with E-state index in [1.54, 1.807) is 12.2 Å². The third kappa shape index (κ3) is 2.87. The van der Waals surface area contributed by atoms with E-state index in [1.165, 1.54) is 0 Å². The molecular formula is C12H20N2. The van der Waals surface area contributed by atoms with Crippen LogP contribution in [0, 0.1) is 0 Å². The van der Waals surface area contributed by atoms with Crippen molar-refractivity contribution in [3.05, 3.63) is 30.4 Å². The zero-order valence-corrected chi connectivity index (χ0v) is 9.59. The fourth-order valence-electron chi connectivity index (χ4n) is 1.00. The topological polar surface area (TPSA) is 28.7 Å². The molecule has 1 aromatic heterocycles. The molecule has 0 radical (unpaired) electrons. The second-order valence-corrected chi connectivity index (χ2v) is 2.98. The van der Waals surface area contributed by atoms with E-state index in [0.29, 0.717) is 5.92 Å². The van der Waals surface area contributed by atoms with E-state index >= 15 is 0 Å². The number of nitrogens with one attached hydrogen (secondary N) is 1. The van der Waals surface area contributed by atoms with Gasteiger partial charge in [0.2, 0.25) is 0 Å². The summed E-state index contributed by atoms with van der Waals surface area (Å²) in [5.74, 6) is 1.40. The molecule has 1 aromatic rings. The molecule has 1 rings (SSSR count). The van der Waals surface area contributed by atoms with Crippen molar-refractivity contribution < 1.29 is 0 Å². The first-order valence-corrected chi connectivity index (χ1v) is 5.03. The second kappa shape index (κ2) is 6.19. The molecule has 1 N–H and O–H groups in total. The molecule has 0 unspecified atom stereocenters. The molecule has 0 amide bonds. The van der Waals surface area contributed by atoms with Crippen LogP contribution in [0.4, 0.5) is 0 Å². The Balaban J connectivity index is 0.000000791. The Morgan fingerprint density at radius 3 is 2.07 bits per heavy atom. The Morgan fingerprint density at radius 1 is 1.21 bits per heavy atom. The van der Waals surface area contributed by atoms with Gasteiger partial charge in [-0.05, 0) is 12.2 Å². The van der Waals surface area contributed by atoms with Crippen LogP contribution in [-0.2, 0) is 0 Å². The van der Waals surface area contributed by atoms with Crippen LogP contribution in [-0.4, -0.2) is 9.97 Å². The van der Waals surface area contributed by atoms with Gasteiger partial charge >= 0.3 is 0 Å². The number of rotatable bonds is 3. The minimum absolute atomic E-state index is 0.414. The lowest BCUT2D eigenvalue weighted by atomic mass is 10.2. The third-order valence-corrected chi connectivity index (χ3v) is 1.72. The molecule has 2 heteroatoms. The van der Waals surface area contributed by atoms with Crippen molar-refractivity contribution in [2.24, 2.45) is 0 Å². The van der Waals surface area contributed by atoms with Crippen molar-refractivity contribution in [2.45, 2.75) is 33.6 Å². The molecule has 0 saturated heterocycles. The summed E-state index contributed by atoms with van der Waals surface area (Å²) < 4.78 is 0. The van der Waals surface area contributed by atoms with Crippen molar-refractivity contribution in [3.8, 4) is 0 Å². The Labute approximate surface area is 86.8 Å². The number of hydrogen-bond donors (Lipinski definition) is 1. The van der Waals surface area contributed by atoms with Gasteiger partial charge in [-0.25, -0.2) is 4.98 Å². The highest BCUT2D eigenvalue weighted by atomic mass is 14.9. The predicted molar refractivity (Wildman–Crippen MR) is 64.2 cm³/mol. The van der Waals surface area contributed by atoms with Crippen molar-refractivity contribution in [3.63, 3.8) is 0 Å².